The van der Waals surface area contributed by atoms with E-state index in [-0.39, 0.29) is 11.9 Å². The van der Waals surface area contributed by atoms with E-state index in [0.717, 1.165) is 12.8 Å². The van der Waals surface area contributed by atoms with E-state index in [4.69, 9.17) is 5.73 Å². The second-order valence-electron chi connectivity index (χ2n) is 4.47. The van der Waals surface area contributed by atoms with Gasteiger partial charge < -0.3 is 16.2 Å². The first-order valence-electron chi connectivity index (χ1n) is 5.55. The summed E-state index contributed by atoms with van der Waals surface area (Å²) in [6.07, 6.45) is 1.87. The van der Waals surface area contributed by atoms with Crippen molar-refractivity contribution in [2.75, 3.05) is 17.6 Å². The lowest BCUT2D eigenvalue weighted by Gasteiger charge is -2.14. The number of anilines is 2. The highest BCUT2D eigenvalue weighted by atomic mass is 19.1. The minimum Gasteiger partial charge on any atom is -0.397 e. The van der Waals surface area contributed by atoms with E-state index in [9.17, 15) is 9.50 Å². The Morgan fingerprint density at radius 1 is 1.56 bits per heavy atom. The highest BCUT2D eigenvalue weighted by Crippen LogP contribution is 2.33. The van der Waals surface area contributed by atoms with Gasteiger partial charge in [-0.2, -0.15) is 0 Å². The molecule has 0 saturated heterocycles. The van der Waals surface area contributed by atoms with Crippen LogP contribution in [0.5, 0.6) is 0 Å². The van der Waals surface area contributed by atoms with Gasteiger partial charge in [-0.25, -0.2) is 4.39 Å². The maximum atomic E-state index is 13.1. The molecule has 3 nitrogen and oxygen atoms in total. The van der Waals surface area contributed by atoms with Crippen molar-refractivity contribution in [3.8, 4) is 0 Å². The van der Waals surface area contributed by atoms with Gasteiger partial charge in [-0.05, 0) is 43.4 Å². The summed E-state index contributed by atoms with van der Waals surface area (Å²) in [5.74, 6) is 0.126. The zero-order chi connectivity index (χ0) is 11.7. The molecule has 4 N–H and O–H groups in total. The number of nitrogen functional groups attached to an aromatic ring is 1. The van der Waals surface area contributed by atoms with Crippen LogP contribution in [-0.4, -0.2) is 17.8 Å². The standard InChI is InChI=1S/C12H17FN2O/c1-7-4-11(10(14)5-9(7)13)15-6-12(16)8-2-3-8/h4-5,8,12,15-16H,2-3,6,14H2,1H3. The highest BCUT2D eigenvalue weighted by Gasteiger charge is 2.29. The number of aliphatic hydroxyl groups excluding tert-OH is 1. The van der Waals surface area contributed by atoms with Crippen LogP contribution < -0.4 is 11.1 Å². The molecular weight excluding hydrogens is 207 g/mol. The van der Waals surface area contributed by atoms with Crippen molar-refractivity contribution in [3.05, 3.63) is 23.5 Å². The third-order valence-corrected chi connectivity index (χ3v) is 3.00. The van der Waals surface area contributed by atoms with E-state index in [0.29, 0.717) is 29.4 Å². The van der Waals surface area contributed by atoms with Crippen LogP contribution in [0.2, 0.25) is 0 Å². The van der Waals surface area contributed by atoms with E-state index in [2.05, 4.69) is 5.32 Å². The van der Waals surface area contributed by atoms with Crippen LogP contribution in [-0.2, 0) is 0 Å². The molecule has 0 aromatic heterocycles. The molecule has 0 aliphatic heterocycles. The Morgan fingerprint density at radius 2 is 2.25 bits per heavy atom. The Morgan fingerprint density at radius 3 is 2.88 bits per heavy atom. The second kappa shape index (κ2) is 4.29. The van der Waals surface area contributed by atoms with Crippen molar-refractivity contribution in [3.63, 3.8) is 0 Å². The van der Waals surface area contributed by atoms with E-state index < -0.39 is 0 Å². The molecule has 1 aliphatic carbocycles. The molecule has 88 valence electrons. The van der Waals surface area contributed by atoms with Gasteiger partial charge in [-0.15, -0.1) is 0 Å². The first-order valence-corrected chi connectivity index (χ1v) is 5.55. The maximum absolute atomic E-state index is 13.1. The molecule has 1 unspecified atom stereocenters. The minimum atomic E-state index is -0.329. The Balaban J connectivity index is 2.00. The number of hydrogen-bond donors (Lipinski definition) is 3. The number of benzene rings is 1. The van der Waals surface area contributed by atoms with Crippen molar-refractivity contribution in [1.29, 1.82) is 0 Å². The monoisotopic (exact) mass is 224 g/mol. The number of rotatable bonds is 4. The van der Waals surface area contributed by atoms with Crippen molar-refractivity contribution in [1.82, 2.24) is 0 Å². The normalized spacial score (nSPS) is 17.2. The number of halogens is 1. The summed E-state index contributed by atoms with van der Waals surface area (Å²) in [7, 11) is 0. The largest absolute Gasteiger partial charge is 0.397 e. The average Bonchev–Trinajstić information content (AvgIpc) is 3.04. The van der Waals surface area contributed by atoms with Crippen molar-refractivity contribution in [2.24, 2.45) is 5.92 Å². The summed E-state index contributed by atoms with van der Waals surface area (Å²) in [4.78, 5) is 0. The summed E-state index contributed by atoms with van der Waals surface area (Å²) in [5, 5.41) is 12.7. The van der Waals surface area contributed by atoms with E-state index in [1.807, 2.05) is 0 Å². The lowest BCUT2D eigenvalue weighted by atomic mass is 10.1. The maximum Gasteiger partial charge on any atom is 0.128 e. The van der Waals surface area contributed by atoms with Gasteiger partial charge in [0.05, 0.1) is 17.5 Å². The molecule has 1 aliphatic rings. The van der Waals surface area contributed by atoms with Gasteiger partial charge in [0.15, 0.2) is 0 Å². The molecule has 0 amide bonds. The summed E-state index contributed by atoms with van der Waals surface area (Å²) in [5.41, 5.74) is 7.31. The fourth-order valence-electron chi connectivity index (χ4n) is 1.71. The van der Waals surface area contributed by atoms with Crippen LogP contribution in [0.3, 0.4) is 0 Å². The number of hydrogen-bond acceptors (Lipinski definition) is 3. The summed E-state index contributed by atoms with van der Waals surface area (Å²) in [6.45, 7) is 2.16. The first-order chi connectivity index (χ1) is 7.58. The lowest BCUT2D eigenvalue weighted by molar-refractivity contribution is 0.164. The third kappa shape index (κ3) is 2.44. The second-order valence-corrected chi connectivity index (χ2v) is 4.47. The SMILES string of the molecule is Cc1cc(NCC(O)C2CC2)c(N)cc1F. The summed E-state index contributed by atoms with van der Waals surface area (Å²) >= 11 is 0. The van der Waals surface area contributed by atoms with E-state index >= 15 is 0 Å². The van der Waals surface area contributed by atoms with Crippen LogP contribution >= 0.6 is 0 Å². The van der Waals surface area contributed by atoms with Crippen molar-refractivity contribution >= 4 is 11.4 Å². The minimum absolute atomic E-state index is 0.300. The highest BCUT2D eigenvalue weighted by molar-refractivity contribution is 5.67. The Hall–Kier alpha value is -1.29. The van der Waals surface area contributed by atoms with Crippen LogP contribution in [0.15, 0.2) is 12.1 Å². The molecule has 1 aromatic carbocycles. The quantitative estimate of drug-likeness (QED) is 0.685. The molecule has 1 fully saturated rings. The molecule has 0 spiro atoms. The first kappa shape index (κ1) is 11.2. The van der Waals surface area contributed by atoms with E-state index in [1.54, 1.807) is 13.0 Å². The van der Waals surface area contributed by atoms with Crippen LogP contribution in [0.4, 0.5) is 15.8 Å². The lowest BCUT2D eigenvalue weighted by Crippen LogP contribution is -2.21. The molecule has 0 bridgehead atoms. The van der Waals surface area contributed by atoms with Gasteiger partial charge in [0.2, 0.25) is 0 Å². The fraction of sp³-hybridized carbons (Fsp3) is 0.500. The molecule has 4 heteroatoms. The van der Waals surface area contributed by atoms with Gasteiger partial charge in [0.1, 0.15) is 5.82 Å². The summed E-state index contributed by atoms with van der Waals surface area (Å²) in [6, 6.07) is 2.98. The van der Waals surface area contributed by atoms with E-state index in [1.165, 1.54) is 6.07 Å². The Labute approximate surface area is 94.5 Å². The fourth-order valence-corrected chi connectivity index (χ4v) is 1.71. The zero-order valence-corrected chi connectivity index (χ0v) is 9.33. The van der Waals surface area contributed by atoms with Crippen molar-refractivity contribution in [2.45, 2.75) is 25.9 Å². The topological polar surface area (TPSA) is 58.3 Å². The van der Waals surface area contributed by atoms with Crippen LogP contribution in [0.25, 0.3) is 0 Å². The van der Waals surface area contributed by atoms with Gasteiger partial charge in [0.25, 0.3) is 0 Å². The number of nitrogens with two attached hydrogens (primary N) is 1. The van der Waals surface area contributed by atoms with Gasteiger partial charge in [-0.1, -0.05) is 0 Å². The number of aliphatic hydroxyl groups is 1. The van der Waals surface area contributed by atoms with Gasteiger partial charge in [-0.3, -0.25) is 0 Å². The molecule has 0 heterocycles. The van der Waals surface area contributed by atoms with Gasteiger partial charge in [0, 0.05) is 6.54 Å². The molecule has 1 aromatic rings. The summed E-state index contributed by atoms with van der Waals surface area (Å²) < 4.78 is 13.1. The Kier molecular flexibility index (Phi) is 3.01. The number of nitrogens with one attached hydrogen (secondary N) is 1. The predicted octanol–water partition coefficient (Wildman–Crippen LogP) is 1.90. The third-order valence-electron chi connectivity index (χ3n) is 3.00. The Bertz CT molecular complexity index is 391. The molecule has 1 saturated carbocycles. The average molecular weight is 224 g/mol. The molecule has 16 heavy (non-hydrogen) atoms. The van der Waals surface area contributed by atoms with Crippen LogP contribution in [0.1, 0.15) is 18.4 Å². The van der Waals surface area contributed by atoms with Crippen LogP contribution in [0, 0.1) is 18.7 Å². The smallest absolute Gasteiger partial charge is 0.128 e. The van der Waals surface area contributed by atoms with Crippen molar-refractivity contribution < 1.29 is 9.50 Å². The number of aryl methyl sites for hydroxylation is 1. The molecule has 1 atom stereocenters. The molecule has 2 rings (SSSR count). The zero-order valence-electron chi connectivity index (χ0n) is 9.33. The molecular formula is C12H17FN2O. The van der Waals surface area contributed by atoms with Gasteiger partial charge >= 0.3 is 0 Å². The molecule has 0 radical (unpaired) electrons. The predicted molar refractivity (Wildman–Crippen MR) is 62.8 cm³/mol.